The van der Waals surface area contributed by atoms with E-state index in [1.165, 1.54) is 85.8 Å². The summed E-state index contributed by atoms with van der Waals surface area (Å²) in [4.78, 5) is 15.2. The molecule has 0 N–H and O–H groups in total. The zero-order chi connectivity index (χ0) is 38.2. The minimum Gasteiger partial charge on any atom is -0.308 e. The summed E-state index contributed by atoms with van der Waals surface area (Å²) in [6, 6.07) is 71.2. The molecule has 0 bridgehead atoms. The molecule has 58 heavy (non-hydrogen) atoms. The minimum absolute atomic E-state index is 0.0583. The van der Waals surface area contributed by atoms with Crippen LogP contribution in [0.3, 0.4) is 0 Å². The van der Waals surface area contributed by atoms with Gasteiger partial charge in [0.15, 0.2) is 0 Å². The van der Waals surface area contributed by atoms with Gasteiger partial charge in [-0.25, -0.2) is 0 Å². The molecule has 12 rings (SSSR count). The van der Waals surface area contributed by atoms with E-state index in [4.69, 9.17) is 4.99 Å². The molecule has 1 atom stereocenters. The molecule has 0 radical (unpaired) electrons. The number of benzene rings is 8. The lowest BCUT2D eigenvalue weighted by atomic mass is 9.73. The summed E-state index contributed by atoms with van der Waals surface area (Å²) in [5, 5.41) is 4.81. The summed E-state index contributed by atoms with van der Waals surface area (Å²) in [7, 11) is 0. The van der Waals surface area contributed by atoms with Crippen molar-refractivity contribution < 1.29 is 0 Å². The van der Waals surface area contributed by atoms with Gasteiger partial charge in [-0.15, -0.1) is 0 Å². The van der Waals surface area contributed by atoms with Crippen molar-refractivity contribution >= 4 is 74.4 Å². The second-order valence-electron chi connectivity index (χ2n) is 15.0. The average Bonchev–Trinajstić information content (AvgIpc) is 3.29. The Bertz CT molecular complexity index is 3230. The molecule has 8 aromatic rings. The number of anilines is 6. The lowest BCUT2D eigenvalue weighted by Gasteiger charge is -2.35. The third kappa shape index (κ3) is 5.27. The summed E-state index contributed by atoms with van der Waals surface area (Å²) in [6.07, 6.45) is 0. The Labute approximate surface area is 345 Å². The Morgan fingerprint density at radius 1 is 0.397 bits per heavy atom. The van der Waals surface area contributed by atoms with E-state index < -0.39 is 0 Å². The highest BCUT2D eigenvalue weighted by Crippen LogP contribution is 2.54. The molecular weight excluding hydrogens is 743 g/mol. The molecule has 1 unspecified atom stereocenters. The van der Waals surface area contributed by atoms with Crippen molar-refractivity contribution in [2.24, 2.45) is 10.9 Å². The SMILES string of the molecule is c1ccc(N2c3ccccc3Sc3ccc(C4=c5ccccc5=C(c5ccc6c(c5)N(c5ccccc5)c5ccccc5S6)C5CN=c6ccccc6=C45)cc32)cc1. The van der Waals surface area contributed by atoms with E-state index >= 15 is 0 Å². The molecule has 4 aliphatic rings. The van der Waals surface area contributed by atoms with Crippen LogP contribution in [-0.4, -0.2) is 6.54 Å². The summed E-state index contributed by atoms with van der Waals surface area (Å²) in [5.41, 5.74) is 13.6. The Kier molecular flexibility index (Phi) is 7.85. The predicted octanol–water partition coefficient (Wildman–Crippen LogP) is 11.1. The molecule has 0 saturated carbocycles. The maximum atomic E-state index is 5.30. The Balaban J connectivity index is 1.13. The molecule has 0 amide bonds. The lowest BCUT2D eigenvalue weighted by Crippen LogP contribution is -2.44. The van der Waals surface area contributed by atoms with Gasteiger partial charge in [0.1, 0.15) is 0 Å². The number of hydrogen-bond acceptors (Lipinski definition) is 5. The summed E-state index contributed by atoms with van der Waals surface area (Å²) < 4.78 is 0. The zero-order valence-electron chi connectivity index (χ0n) is 31.4. The first-order valence-corrected chi connectivity index (χ1v) is 21.4. The van der Waals surface area contributed by atoms with E-state index in [1.807, 2.05) is 23.5 Å². The number of fused-ring (bicyclic) bond motifs is 7. The van der Waals surface area contributed by atoms with Crippen LogP contribution in [0.25, 0.3) is 16.7 Å². The molecule has 274 valence electrons. The van der Waals surface area contributed by atoms with Crippen molar-refractivity contribution in [2.45, 2.75) is 19.6 Å². The number of hydrogen-bond donors (Lipinski definition) is 0. The van der Waals surface area contributed by atoms with Crippen LogP contribution in [0, 0.1) is 5.92 Å². The molecule has 0 aromatic heterocycles. The standard InChI is InChI=1S/C53H35N3S2/c1-3-15-36(16-4-1)55-43-23-11-13-25-47(43)57-49-29-27-34(31-45(49)55)51-38-19-7-8-20-39(38)52(53-40-21-9-10-22-42(40)54-33-41(51)53)35-28-30-50-46(32-35)56(37-17-5-2-6-18-37)44-24-12-14-26-48(44)58-50/h1-32,41H,33H2. The van der Waals surface area contributed by atoms with Crippen LogP contribution in [0.4, 0.5) is 34.1 Å². The minimum atomic E-state index is 0.0583. The molecule has 3 heterocycles. The fourth-order valence-corrected chi connectivity index (χ4v) is 11.4. The topological polar surface area (TPSA) is 18.8 Å². The Morgan fingerprint density at radius 2 is 0.879 bits per heavy atom. The van der Waals surface area contributed by atoms with Crippen LogP contribution in [0.2, 0.25) is 0 Å². The van der Waals surface area contributed by atoms with Crippen LogP contribution in [0.1, 0.15) is 11.1 Å². The van der Waals surface area contributed by atoms with Crippen LogP contribution in [0.5, 0.6) is 0 Å². The molecule has 5 heteroatoms. The second-order valence-corrected chi connectivity index (χ2v) is 17.2. The fraction of sp³-hybridized carbons (Fsp3) is 0.0377. The molecular formula is C53H35N3S2. The van der Waals surface area contributed by atoms with E-state index in [0.717, 1.165) is 16.7 Å². The second kappa shape index (κ2) is 13.6. The van der Waals surface area contributed by atoms with Gasteiger partial charge in [0, 0.05) is 42.1 Å². The van der Waals surface area contributed by atoms with Crippen molar-refractivity contribution in [1.29, 1.82) is 0 Å². The van der Waals surface area contributed by atoms with Crippen LogP contribution < -0.4 is 30.8 Å². The van der Waals surface area contributed by atoms with Crippen molar-refractivity contribution in [3.8, 4) is 0 Å². The van der Waals surface area contributed by atoms with Gasteiger partial charge in [0.05, 0.1) is 34.7 Å². The molecule has 8 aromatic carbocycles. The highest BCUT2D eigenvalue weighted by Gasteiger charge is 2.34. The first kappa shape index (κ1) is 33.6. The third-order valence-corrected chi connectivity index (χ3v) is 14.0. The molecule has 0 spiro atoms. The summed E-state index contributed by atoms with van der Waals surface area (Å²) >= 11 is 3.71. The van der Waals surface area contributed by atoms with Gasteiger partial charge in [-0.2, -0.15) is 0 Å². The zero-order valence-corrected chi connectivity index (χ0v) is 33.1. The van der Waals surface area contributed by atoms with E-state index in [0.29, 0.717) is 6.54 Å². The van der Waals surface area contributed by atoms with Gasteiger partial charge in [-0.05, 0) is 117 Å². The number of nitrogens with zero attached hydrogens (tertiary/aromatic N) is 3. The van der Waals surface area contributed by atoms with Gasteiger partial charge in [0.2, 0.25) is 0 Å². The van der Waals surface area contributed by atoms with Crippen LogP contribution in [0.15, 0.2) is 219 Å². The third-order valence-electron chi connectivity index (χ3n) is 11.8. The van der Waals surface area contributed by atoms with Crippen molar-refractivity contribution in [1.82, 2.24) is 0 Å². The van der Waals surface area contributed by atoms with E-state index in [1.54, 1.807) is 0 Å². The summed E-state index contributed by atoms with van der Waals surface area (Å²) in [5.74, 6) is 0.0583. The van der Waals surface area contributed by atoms with Crippen molar-refractivity contribution in [3.05, 3.63) is 226 Å². The molecule has 0 saturated heterocycles. The maximum absolute atomic E-state index is 5.30. The Hall–Kier alpha value is -6.53. The van der Waals surface area contributed by atoms with Gasteiger partial charge in [-0.3, -0.25) is 4.99 Å². The smallest absolute Gasteiger partial charge is 0.0650 e. The fourth-order valence-electron chi connectivity index (χ4n) is 9.33. The Morgan fingerprint density at radius 3 is 1.52 bits per heavy atom. The van der Waals surface area contributed by atoms with Gasteiger partial charge < -0.3 is 9.80 Å². The first-order valence-electron chi connectivity index (χ1n) is 19.8. The number of para-hydroxylation sites is 5. The van der Waals surface area contributed by atoms with Crippen molar-refractivity contribution in [2.75, 3.05) is 16.3 Å². The van der Waals surface area contributed by atoms with E-state index in [2.05, 4.69) is 204 Å². The maximum Gasteiger partial charge on any atom is 0.0650 e. The van der Waals surface area contributed by atoms with Gasteiger partial charge in [-0.1, -0.05) is 139 Å². The highest BCUT2D eigenvalue weighted by molar-refractivity contribution is 8.00. The molecule has 0 fully saturated rings. The van der Waals surface area contributed by atoms with Gasteiger partial charge >= 0.3 is 0 Å². The number of rotatable bonds is 4. The largest absolute Gasteiger partial charge is 0.308 e. The first-order chi connectivity index (χ1) is 28.8. The van der Waals surface area contributed by atoms with Crippen LogP contribution in [-0.2, 0) is 0 Å². The monoisotopic (exact) mass is 777 g/mol. The summed E-state index contributed by atoms with van der Waals surface area (Å²) in [6.45, 7) is 0.681. The highest BCUT2D eigenvalue weighted by atomic mass is 32.2. The van der Waals surface area contributed by atoms with Gasteiger partial charge in [0.25, 0.3) is 0 Å². The predicted molar refractivity (Wildman–Crippen MR) is 240 cm³/mol. The van der Waals surface area contributed by atoms with Crippen molar-refractivity contribution in [3.63, 3.8) is 0 Å². The van der Waals surface area contributed by atoms with E-state index in [-0.39, 0.29) is 5.92 Å². The molecule has 3 nitrogen and oxygen atoms in total. The average molecular weight is 778 g/mol. The van der Waals surface area contributed by atoms with Crippen LogP contribution >= 0.6 is 23.5 Å². The van der Waals surface area contributed by atoms with E-state index in [9.17, 15) is 0 Å². The lowest BCUT2D eigenvalue weighted by molar-refractivity contribution is 0.806. The normalized spacial score (nSPS) is 15.9. The molecule has 3 aliphatic heterocycles. The quantitative estimate of drug-likeness (QED) is 0.177. The molecule has 1 aliphatic carbocycles.